The Hall–Kier alpha value is -1.99. The van der Waals surface area contributed by atoms with E-state index in [1.54, 1.807) is 18.3 Å². The fourth-order valence-corrected chi connectivity index (χ4v) is 3.76. The van der Waals surface area contributed by atoms with Crippen LogP contribution < -0.4 is 10.5 Å². The number of halogens is 3. The average molecular weight is 523 g/mol. The molecular weight excluding hydrogens is 505 g/mol. The van der Waals surface area contributed by atoms with Gasteiger partial charge >= 0.3 is 0 Å². The van der Waals surface area contributed by atoms with Gasteiger partial charge in [-0.2, -0.15) is 5.10 Å². The molecule has 8 heteroatoms. The Bertz CT molecular complexity index is 1060. The van der Waals surface area contributed by atoms with Gasteiger partial charge in [-0.3, -0.25) is 0 Å². The van der Waals surface area contributed by atoms with Crippen molar-refractivity contribution < 1.29 is 4.74 Å². The van der Waals surface area contributed by atoms with Crippen LogP contribution in [0.3, 0.4) is 0 Å². The number of nitrogens with two attached hydrogens (primary N) is 1. The van der Waals surface area contributed by atoms with Crippen molar-refractivity contribution in [3.8, 4) is 5.75 Å². The lowest BCUT2D eigenvalue weighted by molar-refractivity contribution is 0.306. The Morgan fingerprint density at radius 2 is 1.80 bits per heavy atom. The smallest absolute Gasteiger partial charge is 0.180 e. The third-order valence-corrected chi connectivity index (χ3v) is 6.02. The molecule has 154 valence electrons. The Morgan fingerprint density at radius 1 is 1.00 bits per heavy atom. The second-order valence-electron chi connectivity index (χ2n) is 6.18. The zero-order valence-corrected chi connectivity index (χ0v) is 19.7. The van der Waals surface area contributed by atoms with Crippen LogP contribution in [0.1, 0.15) is 16.7 Å². The third-order valence-electron chi connectivity index (χ3n) is 3.93. The molecule has 0 saturated carbocycles. The number of thioether (sulfide) groups is 1. The van der Waals surface area contributed by atoms with E-state index in [0.717, 1.165) is 21.4 Å². The van der Waals surface area contributed by atoms with Gasteiger partial charge in [0.25, 0.3) is 0 Å². The number of amidine groups is 1. The molecule has 0 unspecified atom stereocenters. The first kappa shape index (κ1) is 22.7. The highest BCUT2D eigenvalue weighted by atomic mass is 79.9. The minimum Gasteiger partial charge on any atom is -0.488 e. The molecule has 0 saturated heterocycles. The van der Waals surface area contributed by atoms with Crippen molar-refractivity contribution in [1.29, 1.82) is 0 Å². The van der Waals surface area contributed by atoms with E-state index < -0.39 is 0 Å². The molecule has 0 aliphatic heterocycles. The Morgan fingerprint density at radius 3 is 2.57 bits per heavy atom. The first-order chi connectivity index (χ1) is 14.5. The maximum Gasteiger partial charge on any atom is 0.180 e. The molecule has 30 heavy (non-hydrogen) atoms. The van der Waals surface area contributed by atoms with Gasteiger partial charge in [0.1, 0.15) is 12.4 Å². The van der Waals surface area contributed by atoms with Gasteiger partial charge in [0.15, 0.2) is 5.17 Å². The van der Waals surface area contributed by atoms with Crippen LogP contribution in [-0.2, 0) is 12.4 Å². The van der Waals surface area contributed by atoms with Crippen molar-refractivity contribution >= 4 is 62.3 Å². The third kappa shape index (κ3) is 7.06. The molecule has 2 N–H and O–H groups in total. The van der Waals surface area contributed by atoms with Crippen molar-refractivity contribution in [3.63, 3.8) is 0 Å². The van der Waals surface area contributed by atoms with Gasteiger partial charge in [-0.25, -0.2) is 0 Å². The van der Waals surface area contributed by atoms with Crippen molar-refractivity contribution in [1.82, 2.24) is 0 Å². The van der Waals surface area contributed by atoms with Gasteiger partial charge in [0.2, 0.25) is 0 Å². The van der Waals surface area contributed by atoms with Gasteiger partial charge in [-0.1, -0.05) is 87.3 Å². The van der Waals surface area contributed by atoms with E-state index in [9.17, 15) is 0 Å². The molecule has 3 rings (SSSR count). The second kappa shape index (κ2) is 11.4. The molecule has 4 nitrogen and oxygen atoms in total. The van der Waals surface area contributed by atoms with E-state index in [1.165, 1.54) is 17.3 Å². The zero-order chi connectivity index (χ0) is 21.3. The highest BCUT2D eigenvalue weighted by Gasteiger charge is 2.05. The van der Waals surface area contributed by atoms with Gasteiger partial charge in [0, 0.05) is 15.8 Å². The Balaban J connectivity index is 1.64. The van der Waals surface area contributed by atoms with Crippen LogP contribution in [0.5, 0.6) is 5.75 Å². The molecule has 0 atom stereocenters. The highest BCUT2D eigenvalue weighted by molar-refractivity contribution is 9.10. The van der Waals surface area contributed by atoms with Gasteiger partial charge in [-0.05, 0) is 41.5 Å². The predicted molar refractivity (Wildman–Crippen MR) is 132 cm³/mol. The Kier molecular flexibility index (Phi) is 8.63. The van der Waals surface area contributed by atoms with Crippen LogP contribution in [0, 0.1) is 0 Å². The van der Waals surface area contributed by atoms with E-state index in [2.05, 4.69) is 26.1 Å². The van der Waals surface area contributed by atoms with Crippen LogP contribution in [0.4, 0.5) is 0 Å². The lowest BCUT2D eigenvalue weighted by Gasteiger charge is -2.10. The normalized spacial score (nSPS) is 11.8. The van der Waals surface area contributed by atoms with Crippen molar-refractivity contribution in [2.75, 3.05) is 0 Å². The molecule has 0 heterocycles. The first-order valence-corrected chi connectivity index (χ1v) is 11.4. The maximum absolute atomic E-state index is 6.07. The quantitative estimate of drug-likeness (QED) is 0.208. The van der Waals surface area contributed by atoms with E-state index >= 15 is 0 Å². The molecule has 0 fully saturated rings. The summed E-state index contributed by atoms with van der Waals surface area (Å²) in [5, 5.41) is 9.58. The monoisotopic (exact) mass is 521 g/mol. The summed E-state index contributed by atoms with van der Waals surface area (Å²) in [4.78, 5) is 0. The molecule has 0 aliphatic rings. The van der Waals surface area contributed by atoms with Gasteiger partial charge < -0.3 is 10.5 Å². The van der Waals surface area contributed by atoms with E-state index in [1.807, 2.05) is 54.6 Å². The summed E-state index contributed by atoms with van der Waals surface area (Å²) >= 11 is 16.9. The lowest BCUT2D eigenvalue weighted by Crippen LogP contribution is -2.06. The van der Waals surface area contributed by atoms with Gasteiger partial charge in [-0.15, -0.1) is 5.10 Å². The van der Waals surface area contributed by atoms with Crippen LogP contribution >= 0.6 is 50.9 Å². The van der Waals surface area contributed by atoms with Crippen LogP contribution in [0.25, 0.3) is 0 Å². The van der Waals surface area contributed by atoms with Crippen molar-refractivity contribution in [2.45, 2.75) is 12.4 Å². The SMILES string of the molecule is NC(=NN=Cc1cc(Br)ccc1OCc1ccc(Cl)c(Cl)c1)SCc1ccccc1. The molecular formula is C22H18BrCl2N3OS. The highest BCUT2D eigenvalue weighted by Crippen LogP contribution is 2.25. The minimum atomic E-state index is 0.345. The number of hydrogen-bond donors (Lipinski definition) is 1. The molecule has 0 aliphatic carbocycles. The van der Waals surface area contributed by atoms with E-state index in [-0.39, 0.29) is 0 Å². The first-order valence-electron chi connectivity index (χ1n) is 8.91. The van der Waals surface area contributed by atoms with Crippen molar-refractivity contribution in [3.05, 3.63) is 97.9 Å². The van der Waals surface area contributed by atoms with Crippen LogP contribution in [0.15, 0.2) is 81.4 Å². The minimum absolute atomic E-state index is 0.345. The number of benzene rings is 3. The lowest BCUT2D eigenvalue weighted by atomic mass is 10.2. The van der Waals surface area contributed by atoms with Crippen molar-refractivity contribution in [2.24, 2.45) is 15.9 Å². The summed E-state index contributed by atoms with van der Waals surface area (Å²) in [6.45, 7) is 0.345. The molecule has 0 amide bonds. The van der Waals surface area contributed by atoms with Crippen LogP contribution in [0.2, 0.25) is 10.0 Å². The van der Waals surface area contributed by atoms with E-state index in [0.29, 0.717) is 27.6 Å². The summed E-state index contributed by atoms with van der Waals surface area (Å²) in [7, 11) is 0. The summed E-state index contributed by atoms with van der Waals surface area (Å²) in [5.41, 5.74) is 8.81. The molecule has 0 radical (unpaired) electrons. The van der Waals surface area contributed by atoms with E-state index in [4.69, 9.17) is 33.7 Å². The average Bonchev–Trinajstić information content (AvgIpc) is 2.75. The zero-order valence-electron chi connectivity index (χ0n) is 15.8. The molecule has 0 spiro atoms. The number of rotatable bonds is 7. The molecule has 3 aromatic carbocycles. The molecule has 0 aromatic heterocycles. The molecule has 0 bridgehead atoms. The fraction of sp³-hybridized carbons (Fsp3) is 0.0909. The second-order valence-corrected chi connectivity index (χ2v) is 8.90. The summed E-state index contributed by atoms with van der Waals surface area (Å²) in [5.74, 6) is 1.40. The predicted octanol–water partition coefficient (Wildman–Crippen LogP) is 6.92. The maximum atomic E-state index is 6.07. The summed E-state index contributed by atoms with van der Waals surface area (Å²) in [6.07, 6.45) is 1.62. The summed E-state index contributed by atoms with van der Waals surface area (Å²) in [6, 6.07) is 21.1. The number of ether oxygens (including phenoxy) is 1. The fourth-order valence-electron chi connectivity index (χ4n) is 2.45. The van der Waals surface area contributed by atoms with Crippen LogP contribution in [-0.4, -0.2) is 11.4 Å². The number of nitrogens with zero attached hydrogens (tertiary/aromatic N) is 2. The Labute approximate surface area is 198 Å². The standard InChI is InChI=1S/C22H18BrCl2N3OS/c23-18-7-9-21(29-13-16-6-8-19(24)20(25)10-16)17(11-18)12-27-28-22(26)30-14-15-4-2-1-3-5-15/h1-12H,13-14H2,(H2,26,28). The largest absolute Gasteiger partial charge is 0.488 e. The van der Waals surface area contributed by atoms with Gasteiger partial charge in [0.05, 0.1) is 16.3 Å². The summed E-state index contributed by atoms with van der Waals surface area (Å²) < 4.78 is 6.84. The molecule has 3 aromatic rings. The number of hydrogen-bond acceptors (Lipinski definition) is 4. The topological polar surface area (TPSA) is 60.0 Å².